The molecule has 1 aromatic rings. The van der Waals surface area contributed by atoms with E-state index in [9.17, 15) is 14.4 Å². The van der Waals surface area contributed by atoms with Crippen molar-refractivity contribution in [2.45, 2.75) is 25.4 Å². The lowest BCUT2D eigenvalue weighted by molar-refractivity contribution is -0.133. The van der Waals surface area contributed by atoms with E-state index in [1.165, 1.54) is 17.7 Å². The molecule has 0 unspecified atom stereocenters. The first-order chi connectivity index (χ1) is 9.82. The Morgan fingerprint density at radius 1 is 1.29 bits per heavy atom. The Hall–Kier alpha value is -1.89. The third kappa shape index (κ3) is 2.92. The first-order valence-electron chi connectivity index (χ1n) is 7.04. The molecule has 7 nitrogen and oxygen atoms in total. The molecule has 116 valence electrons. The lowest BCUT2D eigenvalue weighted by Crippen LogP contribution is -2.44. The molecule has 0 radical (unpaired) electrons. The van der Waals surface area contributed by atoms with E-state index in [0.717, 1.165) is 24.0 Å². The zero-order valence-corrected chi connectivity index (χ0v) is 13.0. The maximum Gasteiger partial charge on any atom is 0.330 e. The molecule has 7 heteroatoms. The molecule has 2 heterocycles. The van der Waals surface area contributed by atoms with Crippen molar-refractivity contribution < 1.29 is 4.79 Å². The normalized spacial score (nSPS) is 19.0. The van der Waals surface area contributed by atoms with E-state index >= 15 is 0 Å². The molecule has 21 heavy (non-hydrogen) atoms. The Morgan fingerprint density at radius 3 is 2.57 bits per heavy atom. The molecular formula is C14H22N4O3. The highest BCUT2D eigenvalue weighted by molar-refractivity contribution is 5.81. The minimum absolute atomic E-state index is 0.0707. The van der Waals surface area contributed by atoms with Gasteiger partial charge < -0.3 is 4.90 Å². The van der Waals surface area contributed by atoms with Crippen molar-refractivity contribution in [3.05, 3.63) is 32.6 Å². The smallest absolute Gasteiger partial charge is 0.330 e. The molecule has 1 aromatic heterocycles. The Labute approximate surface area is 123 Å². The number of aromatic nitrogens is 2. The van der Waals surface area contributed by atoms with E-state index in [0.29, 0.717) is 12.2 Å². The van der Waals surface area contributed by atoms with Crippen LogP contribution in [0.5, 0.6) is 0 Å². The lowest BCUT2D eigenvalue weighted by Gasteiger charge is -2.26. The predicted molar refractivity (Wildman–Crippen MR) is 79.1 cm³/mol. The second-order valence-corrected chi connectivity index (χ2v) is 5.74. The van der Waals surface area contributed by atoms with E-state index in [4.69, 9.17) is 0 Å². The number of hydrogen-bond donors (Lipinski definition) is 0. The maximum atomic E-state index is 12.2. The Bertz CT molecular complexity index is 659. The van der Waals surface area contributed by atoms with Crippen LogP contribution in [-0.4, -0.2) is 51.5 Å². The zero-order chi connectivity index (χ0) is 15.7. The highest BCUT2D eigenvalue weighted by Gasteiger charge is 2.32. The van der Waals surface area contributed by atoms with E-state index in [1.54, 1.807) is 26.0 Å². The number of rotatable bonds is 3. The summed E-state index contributed by atoms with van der Waals surface area (Å²) in [5.74, 6) is 0.0707. The highest BCUT2D eigenvalue weighted by Crippen LogP contribution is 2.20. The van der Waals surface area contributed by atoms with Gasteiger partial charge in [0.15, 0.2) is 0 Å². The number of likely N-dealkylation sites (N-methyl/N-ethyl adjacent to an activating group) is 1. The van der Waals surface area contributed by atoms with E-state index < -0.39 is 0 Å². The molecule has 0 bridgehead atoms. The van der Waals surface area contributed by atoms with Gasteiger partial charge in [-0.05, 0) is 19.4 Å². The van der Waals surface area contributed by atoms with Gasteiger partial charge in [-0.3, -0.25) is 23.6 Å². The molecule has 0 aromatic carbocycles. The molecule has 1 fully saturated rings. The van der Waals surface area contributed by atoms with Gasteiger partial charge in [0, 0.05) is 46.5 Å². The molecule has 1 aliphatic rings. The number of nitrogens with zero attached hydrogens (tertiary/aromatic N) is 4. The van der Waals surface area contributed by atoms with Crippen LogP contribution in [0.25, 0.3) is 0 Å². The van der Waals surface area contributed by atoms with Gasteiger partial charge in [-0.1, -0.05) is 0 Å². The average Bonchev–Trinajstić information content (AvgIpc) is 2.89. The summed E-state index contributed by atoms with van der Waals surface area (Å²) in [7, 11) is 6.60. The van der Waals surface area contributed by atoms with Gasteiger partial charge >= 0.3 is 5.69 Å². The fraction of sp³-hybridized carbons (Fsp3) is 0.643. The van der Waals surface area contributed by atoms with Crippen molar-refractivity contribution in [2.75, 3.05) is 20.6 Å². The molecule has 1 atom stereocenters. The quantitative estimate of drug-likeness (QED) is 0.727. The third-order valence-corrected chi connectivity index (χ3v) is 4.08. The second-order valence-electron chi connectivity index (χ2n) is 5.74. The van der Waals surface area contributed by atoms with Crippen LogP contribution in [0.2, 0.25) is 0 Å². The summed E-state index contributed by atoms with van der Waals surface area (Å²) in [4.78, 5) is 39.5. The Kier molecular flexibility index (Phi) is 4.32. The summed E-state index contributed by atoms with van der Waals surface area (Å²) in [5, 5.41) is 0. The summed E-state index contributed by atoms with van der Waals surface area (Å²) >= 11 is 0. The topological polar surface area (TPSA) is 67.6 Å². The standard InChI is InChI=1S/C14H22N4O3/c1-15(2)13(20)11-6-5-7-18(11)9-10-8-12(19)17(4)14(21)16(10)3/h8,11H,5-7,9H2,1-4H3/t11-/m1/s1. The van der Waals surface area contributed by atoms with E-state index in [1.807, 2.05) is 4.90 Å². The van der Waals surface area contributed by atoms with E-state index in [-0.39, 0.29) is 23.2 Å². The van der Waals surface area contributed by atoms with Crippen LogP contribution in [0.4, 0.5) is 0 Å². The minimum atomic E-state index is -0.341. The first kappa shape index (κ1) is 15.5. The van der Waals surface area contributed by atoms with Crippen molar-refractivity contribution in [3.63, 3.8) is 0 Å². The van der Waals surface area contributed by atoms with Crippen LogP contribution in [0.15, 0.2) is 15.7 Å². The van der Waals surface area contributed by atoms with Crippen LogP contribution in [0, 0.1) is 0 Å². The Morgan fingerprint density at radius 2 is 1.95 bits per heavy atom. The molecule has 1 aliphatic heterocycles. The third-order valence-electron chi connectivity index (χ3n) is 4.08. The molecule has 0 saturated carbocycles. The van der Waals surface area contributed by atoms with E-state index in [2.05, 4.69) is 0 Å². The molecule has 1 amide bonds. The maximum absolute atomic E-state index is 12.2. The highest BCUT2D eigenvalue weighted by atomic mass is 16.2. The van der Waals surface area contributed by atoms with Crippen LogP contribution < -0.4 is 11.2 Å². The van der Waals surface area contributed by atoms with Gasteiger partial charge in [0.1, 0.15) is 0 Å². The van der Waals surface area contributed by atoms with Crippen LogP contribution in [0.1, 0.15) is 18.5 Å². The van der Waals surface area contributed by atoms with Crippen LogP contribution in [-0.2, 0) is 25.4 Å². The van der Waals surface area contributed by atoms with Crippen molar-refractivity contribution in [1.29, 1.82) is 0 Å². The Balaban J connectivity index is 2.28. The number of likely N-dealkylation sites (tertiary alicyclic amines) is 1. The molecule has 0 N–H and O–H groups in total. The predicted octanol–water partition coefficient (Wildman–Crippen LogP) is -0.863. The summed E-state index contributed by atoms with van der Waals surface area (Å²) in [6.07, 6.45) is 1.76. The van der Waals surface area contributed by atoms with Gasteiger partial charge in [-0.15, -0.1) is 0 Å². The summed E-state index contributed by atoms with van der Waals surface area (Å²) in [5.41, 5.74) is -0.0171. The second kappa shape index (κ2) is 5.85. The van der Waals surface area contributed by atoms with Crippen molar-refractivity contribution in [3.8, 4) is 0 Å². The van der Waals surface area contributed by atoms with Gasteiger partial charge in [-0.25, -0.2) is 4.79 Å². The monoisotopic (exact) mass is 294 g/mol. The van der Waals surface area contributed by atoms with Crippen molar-refractivity contribution >= 4 is 5.91 Å². The molecule has 0 aliphatic carbocycles. The molecule has 0 spiro atoms. The summed E-state index contributed by atoms with van der Waals surface area (Å²) < 4.78 is 2.55. The van der Waals surface area contributed by atoms with Gasteiger partial charge in [0.2, 0.25) is 5.91 Å². The zero-order valence-electron chi connectivity index (χ0n) is 13.0. The van der Waals surface area contributed by atoms with Crippen LogP contribution >= 0.6 is 0 Å². The van der Waals surface area contributed by atoms with Gasteiger partial charge in [0.25, 0.3) is 5.56 Å². The fourth-order valence-corrected chi connectivity index (χ4v) is 2.73. The fourth-order valence-electron chi connectivity index (χ4n) is 2.73. The first-order valence-corrected chi connectivity index (χ1v) is 7.04. The molecule has 2 rings (SSSR count). The number of carbonyl (C=O) groups is 1. The van der Waals surface area contributed by atoms with Crippen LogP contribution in [0.3, 0.4) is 0 Å². The lowest BCUT2D eigenvalue weighted by atomic mass is 10.2. The summed E-state index contributed by atoms with van der Waals surface area (Å²) in [6.45, 7) is 1.24. The SMILES string of the molecule is CN(C)C(=O)[C@H]1CCCN1Cc1cc(=O)n(C)c(=O)n1C. The largest absolute Gasteiger partial charge is 0.347 e. The molecule has 1 saturated heterocycles. The summed E-state index contributed by atoms with van der Waals surface area (Å²) in [6, 6.07) is 1.30. The molecular weight excluding hydrogens is 272 g/mol. The number of amides is 1. The average molecular weight is 294 g/mol. The van der Waals surface area contributed by atoms with Gasteiger partial charge in [-0.2, -0.15) is 0 Å². The number of hydrogen-bond acceptors (Lipinski definition) is 4. The van der Waals surface area contributed by atoms with Crippen molar-refractivity contribution in [2.24, 2.45) is 14.1 Å². The van der Waals surface area contributed by atoms with Gasteiger partial charge in [0.05, 0.1) is 6.04 Å². The number of carbonyl (C=O) groups excluding carboxylic acids is 1. The van der Waals surface area contributed by atoms with Crippen molar-refractivity contribution in [1.82, 2.24) is 18.9 Å². The minimum Gasteiger partial charge on any atom is -0.347 e.